The lowest BCUT2D eigenvalue weighted by Crippen LogP contribution is -2.08. The van der Waals surface area contributed by atoms with Crippen LogP contribution in [0.2, 0.25) is 0 Å². The Morgan fingerprint density at radius 1 is 1.15 bits per heavy atom. The second-order valence-electron chi connectivity index (χ2n) is 4.55. The van der Waals surface area contributed by atoms with Crippen molar-refractivity contribution in [2.45, 2.75) is 31.2 Å². The van der Waals surface area contributed by atoms with Gasteiger partial charge in [-0.2, -0.15) is 0 Å². The van der Waals surface area contributed by atoms with Gasteiger partial charge < -0.3 is 5.32 Å². The lowest BCUT2D eigenvalue weighted by atomic mass is 10.1. The molecule has 0 amide bonds. The highest BCUT2D eigenvalue weighted by Gasteiger charge is 2.13. The van der Waals surface area contributed by atoms with E-state index in [9.17, 15) is 8.42 Å². The van der Waals surface area contributed by atoms with Crippen molar-refractivity contribution < 1.29 is 8.42 Å². The van der Waals surface area contributed by atoms with Crippen LogP contribution in [-0.2, 0) is 9.84 Å². The van der Waals surface area contributed by atoms with Gasteiger partial charge in [0.25, 0.3) is 0 Å². The van der Waals surface area contributed by atoms with E-state index < -0.39 is 9.84 Å². The van der Waals surface area contributed by atoms with Crippen LogP contribution < -0.4 is 5.32 Å². The summed E-state index contributed by atoms with van der Waals surface area (Å²) < 4.78 is 23.5. The largest absolute Gasteiger partial charge is 0.377 e. The third-order valence-electron chi connectivity index (χ3n) is 3.23. The summed E-state index contributed by atoms with van der Waals surface area (Å²) in [6, 6.07) is 11.4. The minimum atomic E-state index is -3.12. The van der Waals surface area contributed by atoms with Gasteiger partial charge in [0.2, 0.25) is 0 Å². The lowest BCUT2D eigenvalue weighted by molar-refractivity contribution is 0.597. The molecule has 2 aromatic rings. The molecule has 5 heteroatoms. The van der Waals surface area contributed by atoms with E-state index in [1.807, 2.05) is 18.2 Å². The van der Waals surface area contributed by atoms with Gasteiger partial charge in [0, 0.05) is 10.6 Å². The average Bonchev–Trinajstić information content (AvgIpc) is 2.99. The van der Waals surface area contributed by atoms with Gasteiger partial charge in [0.05, 0.1) is 16.7 Å². The molecule has 1 atom stereocenters. The third kappa shape index (κ3) is 3.41. The van der Waals surface area contributed by atoms with Gasteiger partial charge >= 0.3 is 0 Å². The molecule has 0 saturated carbocycles. The second kappa shape index (κ2) is 6.41. The Bertz CT molecular complexity index is 631. The van der Waals surface area contributed by atoms with E-state index in [-0.39, 0.29) is 11.8 Å². The van der Waals surface area contributed by atoms with Gasteiger partial charge in [-0.25, -0.2) is 8.42 Å². The number of hydrogen-bond acceptors (Lipinski definition) is 4. The molecule has 1 aromatic carbocycles. The fourth-order valence-corrected chi connectivity index (χ4v) is 3.74. The van der Waals surface area contributed by atoms with E-state index in [1.165, 1.54) is 4.88 Å². The normalized spacial score (nSPS) is 13.1. The zero-order valence-electron chi connectivity index (χ0n) is 11.7. The molecule has 20 heavy (non-hydrogen) atoms. The smallest absolute Gasteiger partial charge is 0.178 e. The molecular formula is C15H19NO2S2. The predicted molar refractivity (Wildman–Crippen MR) is 85.1 cm³/mol. The summed E-state index contributed by atoms with van der Waals surface area (Å²) in [5, 5.41) is 5.51. The first-order valence-corrected chi connectivity index (χ1v) is 9.22. The minimum Gasteiger partial charge on any atom is -0.377 e. The van der Waals surface area contributed by atoms with E-state index in [1.54, 1.807) is 30.4 Å². The van der Waals surface area contributed by atoms with E-state index in [2.05, 4.69) is 23.7 Å². The molecule has 0 aliphatic heterocycles. The van der Waals surface area contributed by atoms with Gasteiger partial charge in [-0.1, -0.05) is 19.9 Å². The monoisotopic (exact) mass is 309 g/mol. The SMILES string of the molecule is CCC(Nc1ccc(S(=O)(=O)CC)cc1)c1cccs1. The summed E-state index contributed by atoms with van der Waals surface area (Å²) in [6.45, 7) is 3.79. The van der Waals surface area contributed by atoms with E-state index in [4.69, 9.17) is 0 Å². The fourth-order valence-electron chi connectivity index (χ4n) is 1.99. The summed E-state index contributed by atoms with van der Waals surface area (Å²) in [5.41, 5.74) is 0.945. The van der Waals surface area contributed by atoms with Gasteiger partial charge in [-0.3, -0.25) is 0 Å². The third-order valence-corrected chi connectivity index (χ3v) is 5.97. The van der Waals surface area contributed by atoms with Crippen LogP contribution in [0, 0.1) is 0 Å². The first-order chi connectivity index (χ1) is 9.56. The van der Waals surface area contributed by atoms with Gasteiger partial charge in [-0.15, -0.1) is 11.3 Å². The maximum absolute atomic E-state index is 11.8. The Labute approximate surface area is 124 Å². The van der Waals surface area contributed by atoms with Crippen molar-refractivity contribution in [2.24, 2.45) is 0 Å². The zero-order chi connectivity index (χ0) is 14.6. The van der Waals surface area contributed by atoms with Crippen molar-refractivity contribution in [3.8, 4) is 0 Å². The Balaban J connectivity index is 2.15. The van der Waals surface area contributed by atoms with Gasteiger partial charge in [-0.05, 0) is 42.1 Å². The van der Waals surface area contributed by atoms with E-state index in [0.717, 1.165) is 12.1 Å². The van der Waals surface area contributed by atoms with E-state index >= 15 is 0 Å². The number of benzene rings is 1. The zero-order valence-corrected chi connectivity index (χ0v) is 13.3. The van der Waals surface area contributed by atoms with Gasteiger partial charge in [0.15, 0.2) is 9.84 Å². The Hall–Kier alpha value is -1.33. The maximum Gasteiger partial charge on any atom is 0.178 e. The molecule has 1 heterocycles. The van der Waals surface area contributed by atoms with Crippen molar-refractivity contribution in [1.82, 2.24) is 0 Å². The van der Waals surface area contributed by atoms with Crippen LogP contribution in [0.25, 0.3) is 0 Å². The van der Waals surface area contributed by atoms with Crippen molar-refractivity contribution in [1.29, 1.82) is 0 Å². The number of hydrogen-bond donors (Lipinski definition) is 1. The number of sulfone groups is 1. The summed E-state index contributed by atoms with van der Waals surface area (Å²) >= 11 is 1.73. The molecule has 0 saturated heterocycles. The maximum atomic E-state index is 11.8. The summed E-state index contributed by atoms with van der Waals surface area (Å²) in [4.78, 5) is 1.67. The van der Waals surface area contributed by atoms with Crippen LogP contribution in [0.15, 0.2) is 46.7 Å². The number of thiophene rings is 1. The highest BCUT2D eigenvalue weighted by molar-refractivity contribution is 7.91. The topological polar surface area (TPSA) is 46.2 Å². The summed E-state index contributed by atoms with van der Waals surface area (Å²) in [6.07, 6.45) is 0.982. The van der Waals surface area contributed by atoms with Crippen LogP contribution in [-0.4, -0.2) is 14.2 Å². The van der Waals surface area contributed by atoms with Crippen molar-refractivity contribution in [2.75, 3.05) is 11.1 Å². The van der Waals surface area contributed by atoms with Crippen LogP contribution in [0.5, 0.6) is 0 Å². The standard InChI is InChI=1S/C15H19NO2S2/c1-3-14(15-6-5-11-19-15)16-12-7-9-13(10-8-12)20(17,18)4-2/h5-11,14,16H,3-4H2,1-2H3. The van der Waals surface area contributed by atoms with Crippen LogP contribution in [0.1, 0.15) is 31.2 Å². The fraction of sp³-hybridized carbons (Fsp3) is 0.333. The number of anilines is 1. The highest BCUT2D eigenvalue weighted by atomic mass is 32.2. The van der Waals surface area contributed by atoms with Gasteiger partial charge in [0.1, 0.15) is 0 Å². The molecule has 3 nitrogen and oxygen atoms in total. The predicted octanol–water partition coefficient (Wildman–Crippen LogP) is 4.10. The molecule has 2 rings (SSSR count). The average molecular weight is 309 g/mol. The Morgan fingerprint density at radius 3 is 2.35 bits per heavy atom. The molecule has 0 spiro atoms. The van der Waals surface area contributed by atoms with Crippen molar-refractivity contribution in [3.63, 3.8) is 0 Å². The van der Waals surface area contributed by atoms with Crippen molar-refractivity contribution >= 4 is 26.9 Å². The molecule has 0 aliphatic carbocycles. The quantitative estimate of drug-likeness (QED) is 0.873. The molecule has 0 fully saturated rings. The minimum absolute atomic E-state index is 0.132. The first-order valence-electron chi connectivity index (χ1n) is 6.69. The summed E-state index contributed by atoms with van der Waals surface area (Å²) in [7, 11) is -3.12. The van der Waals surface area contributed by atoms with Crippen LogP contribution in [0.4, 0.5) is 5.69 Å². The Morgan fingerprint density at radius 2 is 1.85 bits per heavy atom. The number of rotatable bonds is 6. The Kier molecular flexibility index (Phi) is 4.83. The van der Waals surface area contributed by atoms with Crippen LogP contribution >= 0.6 is 11.3 Å². The first kappa shape index (κ1) is 15.1. The molecule has 108 valence electrons. The molecule has 0 bridgehead atoms. The molecular weight excluding hydrogens is 290 g/mol. The van der Waals surface area contributed by atoms with Crippen molar-refractivity contribution in [3.05, 3.63) is 46.7 Å². The lowest BCUT2D eigenvalue weighted by Gasteiger charge is -2.17. The molecule has 0 radical (unpaired) electrons. The van der Waals surface area contributed by atoms with Crippen LogP contribution in [0.3, 0.4) is 0 Å². The molecule has 0 aliphatic rings. The number of nitrogens with one attached hydrogen (secondary N) is 1. The molecule has 1 unspecified atom stereocenters. The molecule has 1 aromatic heterocycles. The highest BCUT2D eigenvalue weighted by Crippen LogP contribution is 2.26. The molecule has 1 N–H and O–H groups in total. The van der Waals surface area contributed by atoms with E-state index in [0.29, 0.717) is 4.90 Å². The summed E-state index contributed by atoms with van der Waals surface area (Å²) in [5.74, 6) is 0.132. The second-order valence-corrected chi connectivity index (χ2v) is 7.81.